The van der Waals surface area contributed by atoms with E-state index in [4.69, 9.17) is 0 Å². The second-order valence-corrected chi connectivity index (χ2v) is 4.29. The summed E-state index contributed by atoms with van der Waals surface area (Å²) in [7, 11) is 0. The Morgan fingerprint density at radius 1 is 0.412 bits per heavy atom. The van der Waals surface area contributed by atoms with E-state index in [0.29, 0.717) is 0 Å². The average Bonchev–Trinajstić information content (AvgIpc) is 2.36. The Morgan fingerprint density at radius 3 is 1.00 bits per heavy atom. The van der Waals surface area contributed by atoms with Crippen LogP contribution in [0.25, 0.3) is 32.3 Å². The molecule has 0 aromatic heterocycles. The first-order valence-corrected chi connectivity index (χ1v) is 5.56. The average molecular weight is 268 g/mol. The van der Waals surface area contributed by atoms with Gasteiger partial charge in [-0.15, -0.1) is 0 Å². The molecule has 0 N–H and O–H groups in total. The van der Waals surface area contributed by atoms with Gasteiger partial charge in [-0.25, -0.2) is 0 Å². The minimum atomic E-state index is 0. The van der Waals surface area contributed by atoms with Gasteiger partial charge in [-0.1, -0.05) is 60.7 Å². The first kappa shape index (κ1) is 10.7. The van der Waals surface area contributed by atoms with E-state index in [1.165, 1.54) is 32.3 Å². The van der Waals surface area contributed by atoms with Gasteiger partial charge >= 0.3 is 0 Å². The Kier molecular flexibility index (Phi) is 2.38. The molecule has 0 saturated carbocycles. The zero-order valence-corrected chi connectivity index (χ0v) is 12.4. The van der Waals surface area contributed by atoms with Crippen LogP contribution >= 0.6 is 0 Å². The fraction of sp³-hybridized carbons (Fsp3) is 0. The molecule has 0 atom stereocenters. The SMILES string of the molecule is [Zn].c1cc2ccc3cccc4ccc(c1)c2c34. The van der Waals surface area contributed by atoms with Crippen LogP contribution in [0, 0.1) is 0 Å². The molecule has 76 valence electrons. The van der Waals surface area contributed by atoms with Crippen molar-refractivity contribution in [1.82, 2.24) is 0 Å². The summed E-state index contributed by atoms with van der Waals surface area (Å²) >= 11 is 0. The first-order chi connectivity index (χ1) is 7.93. The summed E-state index contributed by atoms with van der Waals surface area (Å²) in [5, 5.41) is 8.14. The van der Waals surface area contributed by atoms with Gasteiger partial charge in [0.05, 0.1) is 0 Å². The minimum absolute atomic E-state index is 0. The predicted molar refractivity (Wildman–Crippen MR) is 70.1 cm³/mol. The molecule has 0 aliphatic heterocycles. The summed E-state index contributed by atoms with van der Waals surface area (Å²) in [4.78, 5) is 0. The standard InChI is InChI=1S/C16H10.Zn/c1-3-11-7-9-13-5-2-6-14-10-8-12(4-1)15(11)16(13)14;/h1-10H;. The smallest absolute Gasteiger partial charge is 0 e. The van der Waals surface area contributed by atoms with E-state index in [2.05, 4.69) is 60.7 Å². The monoisotopic (exact) mass is 266 g/mol. The molecule has 0 radical (unpaired) electrons. The van der Waals surface area contributed by atoms with E-state index in [1.54, 1.807) is 0 Å². The molecule has 1 heteroatoms. The van der Waals surface area contributed by atoms with Crippen molar-refractivity contribution in [3.63, 3.8) is 0 Å². The molecule has 0 spiro atoms. The molecule has 0 heterocycles. The van der Waals surface area contributed by atoms with Crippen LogP contribution in [0.15, 0.2) is 60.7 Å². The van der Waals surface area contributed by atoms with Crippen molar-refractivity contribution in [1.29, 1.82) is 0 Å². The van der Waals surface area contributed by atoms with Crippen molar-refractivity contribution in [3.05, 3.63) is 60.7 Å². The van der Waals surface area contributed by atoms with Crippen molar-refractivity contribution >= 4 is 32.3 Å². The Bertz CT molecular complexity index is 672. The summed E-state index contributed by atoms with van der Waals surface area (Å²) in [6.45, 7) is 0. The van der Waals surface area contributed by atoms with Crippen LogP contribution in [-0.2, 0) is 19.5 Å². The summed E-state index contributed by atoms with van der Waals surface area (Å²) in [6, 6.07) is 21.9. The van der Waals surface area contributed by atoms with Gasteiger partial charge in [-0.05, 0) is 32.3 Å². The zero-order chi connectivity index (χ0) is 10.5. The topological polar surface area (TPSA) is 0 Å². The van der Waals surface area contributed by atoms with Crippen molar-refractivity contribution in [3.8, 4) is 0 Å². The maximum atomic E-state index is 2.21. The van der Waals surface area contributed by atoms with Gasteiger partial charge < -0.3 is 0 Å². The molecule has 4 aromatic rings. The molecule has 0 saturated heterocycles. The van der Waals surface area contributed by atoms with E-state index in [1.807, 2.05) is 0 Å². The predicted octanol–water partition coefficient (Wildman–Crippen LogP) is 4.58. The van der Waals surface area contributed by atoms with Crippen LogP contribution < -0.4 is 0 Å². The number of rotatable bonds is 0. The fourth-order valence-electron chi connectivity index (χ4n) is 2.67. The second-order valence-electron chi connectivity index (χ2n) is 4.29. The quantitative estimate of drug-likeness (QED) is 0.323. The van der Waals surface area contributed by atoms with Crippen molar-refractivity contribution in [2.45, 2.75) is 0 Å². The van der Waals surface area contributed by atoms with Crippen LogP contribution in [-0.4, -0.2) is 0 Å². The van der Waals surface area contributed by atoms with E-state index in [0.717, 1.165) is 0 Å². The van der Waals surface area contributed by atoms with Crippen molar-refractivity contribution < 1.29 is 19.5 Å². The fourth-order valence-corrected chi connectivity index (χ4v) is 2.67. The molecule has 0 fully saturated rings. The third-order valence-corrected chi connectivity index (χ3v) is 3.39. The molecule has 0 aliphatic rings. The van der Waals surface area contributed by atoms with E-state index in [-0.39, 0.29) is 19.5 Å². The minimum Gasteiger partial charge on any atom is -0.0610 e. The molecule has 0 aliphatic carbocycles. The number of hydrogen-bond donors (Lipinski definition) is 0. The van der Waals surface area contributed by atoms with Crippen LogP contribution in [0.4, 0.5) is 0 Å². The first-order valence-electron chi connectivity index (χ1n) is 5.56. The maximum Gasteiger partial charge on any atom is 0 e. The molecule has 0 unspecified atom stereocenters. The molecule has 17 heavy (non-hydrogen) atoms. The third-order valence-electron chi connectivity index (χ3n) is 3.39. The summed E-state index contributed by atoms with van der Waals surface area (Å²) in [5.41, 5.74) is 0. The van der Waals surface area contributed by atoms with E-state index < -0.39 is 0 Å². The largest absolute Gasteiger partial charge is 0.0610 e. The molecule has 0 bridgehead atoms. The molecule has 4 rings (SSSR count). The van der Waals surface area contributed by atoms with Gasteiger partial charge in [0.2, 0.25) is 0 Å². The Labute approximate surface area is 112 Å². The molecule has 4 aromatic carbocycles. The van der Waals surface area contributed by atoms with Crippen LogP contribution in [0.2, 0.25) is 0 Å². The van der Waals surface area contributed by atoms with Gasteiger partial charge in [0.15, 0.2) is 0 Å². The normalized spacial score (nSPS) is 11.1. The third kappa shape index (κ3) is 1.39. The Balaban J connectivity index is 0.000000902. The summed E-state index contributed by atoms with van der Waals surface area (Å²) in [5.74, 6) is 0. The van der Waals surface area contributed by atoms with E-state index >= 15 is 0 Å². The zero-order valence-electron chi connectivity index (χ0n) is 9.48. The van der Waals surface area contributed by atoms with Gasteiger partial charge in [0, 0.05) is 19.5 Å². The molecule has 0 nitrogen and oxygen atoms in total. The van der Waals surface area contributed by atoms with Gasteiger partial charge in [0.25, 0.3) is 0 Å². The number of benzene rings is 4. The Morgan fingerprint density at radius 2 is 0.706 bits per heavy atom. The van der Waals surface area contributed by atoms with Crippen LogP contribution in [0.5, 0.6) is 0 Å². The molecular weight excluding hydrogens is 258 g/mol. The van der Waals surface area contributed by atoms with Gasteiger partial charge in [-0.2, -0.15) is 0 Å². The second kappa shape index (κ2) is 3.79. The van der Waals surface area contributed by atoms with Crippen molar-refractivity contribution in [2.24, 2.45) is 0 Å². The Hall–Kier alpha value is -1.46. The van der Waals surface area contributed by atoms with Crippen molar-refractivity contribution in [2.75, 3.05) is 0 Å². The number of hydrogen-bond acceptors (Lipinski definition) is 0. The molecule has 0 amide bonds. The molecular formula is C16H10Zn. The summed E-state index contributed by atoms with van der Waals surface area (Å²) in [6.07, 6.45) is 0. The summed E-state index contributed by atoms with van der Waals surface area (Å²) < 4.78 is 0. The van der Waals surface area contributed by atoms with Crippen LogP contribution in [0.1, 0.15) is 0 Å². The van der Waals surface area contributed by atoms with Gasteiger partial charge in [0.1, 0.15) is 0 Å². The maximum absolute atomic E-state index is 2.21. The van der Waals surface area contributed by atoms with E-state index in [9.17, 15) is 0 Å². The van der Waals surface area contributed by atoms with Crippen LogP contribution in [0.3, 0.4) is 0 Å². The van der Waals surface area contributed by atoms with Gasteiger partial charge in [-0.3, -0.25) is 0 Å².